The van der Waals surface area contributed by atoms with Gasteiger partial charge in [0.1, 0.15) is 16.4 Å². The van der Waals surface area contributed by atoms with Crippen molar-refractivity contribution in [1.82, 2.24) is 0 Å². The molecule has 128 valence electrons. The molecule has 3 rings (SSSR count). The maximum Gasteiger partial charge on any atom is 0.344 e. The molecule has 25 heavy (non-hydrogen) atoms. The number of hydrogen-bond donors (Lipinski definition) is 1. The number of rotatable bonds is 4. The fourth-order valence-electron chi connectivity index (χ4n) is 2.16. The van der Waals surface area contributed by atoms with Crippen molar-refractivity contribution in [2.75, 3.05) is 6.61 Å². The van der Waals surface area contributed by atoms with E-state index in [-0.39, 0.29) is 17.9 Å². The van der Waals surface area contributed by atoms with Gasteiger partial charge in [0.25, 0.3) is 0 Å². The van der Waals surface area contributed by atoms with E-state index >= 15 is 0 Å². The minimum Gasteiger partial charge on any atom is -0.506 e. The van der Waals surface area contributed by atoms with Crippen molar-refractivity contribution >= 4 is 57.5 Å². The van der Waals surface area contributed by atoms with Crippen LogP contribution < -0.4 is 0 Å². The summed E-state index contributed by atoms with van der Waals surface area (Å²) < 4.78 is 5.07. The number of thiophene rings is 1. The largest absolute Gasteiger partial charge is 0.506 e. The van der Waals surface area contributed by atoms with Gasteiger partial charge in [-0.15, -0.1) is 11.3 Å². The zero-order valence-electron chi connectivity index (χ0n) is 13.2. The summed E-state index contributed by atoms with van der Waals surface area (Å²) in [5.74, 6) is -0.708. The Hall–Kier alpha value is -2.02. The Morgan fingerprint density at radius 1 is 1.36 bits per heavy atom. The van der Waals surface area contributed by atoms with Crippen molar-refractivity contribution in [3.05, 3.63) is 67.9 Å². The van der Waals surface area contributed by atoms with Gasteiger partial charge in [0.2, 0.25) is 0 Å². The molecule has 4 nitrogen and oxygen atoms in total. The average Bonchev–Trinajstić information content (AvgIpc) is 3.17. The summed E-state index contributed by atoms with van der Waals surface area (Å²) in [5.41, 5.74) is 0.677. The number of ether oxygens (including phenoxy) is 1. The maximum atomic E-state index is 12.3. The van der Waals surface area contributed by atoms with Gasteiger partial charge in [-0.05, 0) is 42.6 Å². The third-order valence-electron chi connectivity index (χ3n) is 3.23. The molecule has 1 aromatic carbocycles. The summed E-state index contributed by atoms with van der Waals surface area (Å²) in [6.45, 7) is 1.93. The zero-order valence-corrected chi connectivity index (χ0v) is 15.6. The molecule has 2 heterocycles. The molecule has 7 heteroatoms. The third-order valence-corrected chi connectivity index (χ3v) is 5.30. The van der Waals surface area contributed by atoms with Crippen LogP contribution >= 0.6 is 34.7 Å². The Morgan fingerprint density at radius 3 is 2.88 bits per heavy atom. The molecule has 0 atom stereocenters. The monoisotopic (exact) mass is 391 g/mol. The highest BCUT2D eigenvalue weighted by atomic mass is 35.5. The lowest BCUT2D eigenvalue weighted by atomic mass is 10.2. The molecule has 1 aromatic heterocycles. The predicted octanol–water partition coefficient (Wildman–Crippen LogP) is 5.59. The molecule has 2 aromatic rings. The van der Waals surface area contributed by atoms with E-state index in [9.17, 15) is 9.90 Å². The van der Waals surface area contributed by atoms with Crippen LogP contribution in [0.15, 0.2) is 63.0 Å². The first-order chi connectivity index (χ1) is 12.1. The van der Waals surface area contributed by atoms with Crippen LogP contribution in [-0.2, 0) is 9.53 Å². The van der Waals surface area contributed by atoms with Crippen LogP contribution in [0, 0.1) is 0 Å². The quantitative estimate of drug-likeness (QED) is 0.689. The number of benzene rings is 1. The van der Waals surface area contributed by atoms with Gasteiger partial charge in [-0.2, -0.15) is 0 Å². The lowest BCUT2D eigenvalue weighted by Crippen LogP contribution is -2.12. The van der Waals surface area contributed by atoms with E-state index in [4.69, 9.17) is 16.3 Å². The van der Waals surface area contributed by atoms with Gasteiger partial charge in [0.15, 0.2) is 0 Å². The van der Waals surface area contributed by atoms with Crippen LogP contribution in [0.3, 0.4) is 0 Å². The Kier molecular flexibility index (Phi) is 5.63. The number of aliphatic hydroxyl groups is 1. The number of nitrogens with zero attached hydrogens (tertiary/aromatic N) is 1. The zero-order chi connectivity index (χ0) is 17.8. The number of thioether (sulfide) groups is 1. The average molecular weight is 392 g/mol. The Bertz CT molecular complexity index is 885. The Labute approximate surface area is 158 Å². The van der Waals surface area contributed by atoms with E-state index in [1.54, 1.807) is 42.5 Å². The first-order valence-corrected chi connectivity index (χ1v) is 9.54. The number of hydrogen-bond acceptors (Lipinski definition) is 6. The van der Waals surface area contributed by atoms with Gasteiger partial charge in [-0.3, -0.25) is 0 Å². The third kappa shape index (κ3) is 4.15. The maximum absolute atomic E-state index is 12.3. The van der Waals surface area contributed by atoms with Crippen molar-refractivity contribution in [2.45, 2.75) is 6.92 Å². The Morgan fingerprint density at radius 2 is 2.20 bits per heavy atom. The lowest BCUT2D eigenvalue weighted by Gasteiger charge is -2.04. The minimum absolute atomic E-state index is 0.0784. The van der Waals surface area contributed by atoms with Gasteiger partial charge in [0, 0.05) is 9.90 Å². The van der Waals surface area contributed by atoms with Crippen LogP contribution in [0.2, 0.25) is 5.02 Å². The molecular weight excluding hydrogens is 378 g/mol. The predicted molar refractivity (Wildman–Crippen MR) is 105 cm³/mol. The lowest BCUT2D eigenvalue weighted by molar-refractivity contribution is -0.138. The van der Waals surface area contributed by atoms with E-state index in [0.29, 0.717) is 20.7 Å². The minimum atomic E-state index is -0.595. The molecule has 0 saturated carbocycles. The highest BCUT2D eigenvalue weighted by Gasteiger charge is 2.33. The van der Waals surface area contributed by atoms with Crippen LogP contribution in [0.4, 0.5) is 5.69 Å². The fourth-order valence-corrected chi connectivity index (χ4v) is 4.10. The number of halogens is 1. The molecule has 1 aliphatic rings. The van der Waals surface area contributed by atoms with Crippen molar-refractivity contribution in [1.29, 1.82) is 0 Å². The van der Waals surface area contributed by atoms with Crippen molar-refractivity contribution in [3.63, 3.8) is 0 Å². The molecule has 0 amide bonds. The first-order valence-electron chi connectivity index (χ1n) is 7.47. The molecule has 0 fully saturated rings. The fraction of sp³-hybridized carbons (Fsp3) is 0.111. The molecule has 1 aliphatic heterocycles. The number of carbonyl (C=O) groups is 1. The second-order valence-corrected chi connectivity index (χ2v) is 7.41. The highest BCUT2D eigenvalue weighted by Crippen LogP contribution is 2.40. The van der Waals surface area contributed by atoms with Crippen LogP contribution in [0.25, 0.3) is 6.08 Å². The second kappa shape index (κ2) is 7.91. The standard InChI is InChI=1S/C18H14ClNO3S2/c1-2-23-18(22)15-16(21)14(10-13-7-4-8-24-13)25-17(15)20-12-6-3-5-11(19)9-12/h3-10,21H,2H2,1H3. The number of carbonyl (C=O) groups excluding carboxylic acids is 1. The molecule has 0 radical (unpaired) electrons. The van der Waals surface area contributed by atoms with Gasteiger partial charge in [0.05, 0.1) is 17.2 Å². The normalized spacial score (nSPS) is 17.5. The van der Waals surface area contributed by atoms with Crippen LogP contribution in [-0.4, -0.2) is 22.7 Å². The van der Waals surface area contributed by atoms with E-state index in [1.807, 2.05) is 23.6 Å². The van der Waals surface area contributed by atoms with Crippen molar-refractivity contribution in [3.8, 4) is 0 Å². The van der Waals surface area contributed by atoms with E-state index in [0.717, 1.165) is 4.88 Å². The molecule has 0 spiro atoms. The first kappa shape index (κ1) is 17.8. The summed E-state index contributed by atoms with van der Waals surface area (Å²) in [7, 11) is 0. The molecule has 0 saturated heterocycles. The van der Waals surface area contributed by atoms with Crippen LogP contribution in [0.1, 0.15) is 11.8 Å². The van der Waals surface area contributed by atoms with Gasteiger partial charge >= 0.3 is 5.97 Å². The van der Waals surface area contributed by atoms with Crippen molar-refractivity contribution < 1.29 is 14.6 Å². The summed E-state index contributed by atoms with van der Waals surface area (Å²) in [6.07, 6.45) is 1.82. The molecule has 1 N–H and O–H groups in total. The molecule has 0 bridgehead atoms. The van der Waals surface area contributed by atoms with Gasteiger partial charge < -0.3 is 9.84 Å². The van der Waals surface area contributed by atoms with Crippen LogP contribution in [0.5, 0.6) is 0 Å². The summed E-state index contributed by atoms with van der Waals surface area (Å²) in [4.78, 5) is 18.3. The topological polar surface area (TPSA) is 58.9 Å². The van der Waals surface area contributed by atoms with E-state index < -0.39 is 5.97 Å². The summed E-state index contributed by atoms with van der Waals surface area (Å²) in [5, 5.41) is 13.4. The van der Waals surface area contributed by atoms with E-state index in [2.05, 4.69) is 4.99 Å². The van der Waals surface area contributed by atoms with Gasteiger partial charge in [-0.1, -0.05) is 35.5 Å². The smallest absolute Gasteiger partial charge is 0.344 e. The van der Waals surface area contributed by atoms with E-state index in [1.165, 1.54) is 11.8 Å². The summed E-state index contributed by atoms with van der Waals surface area (Å²) >= 11 is 8.76. The highest BCUT2D eigenvalue weighted by molar-refractivity contribution is 8.18. The molecule has 0 unspecified atom stereocenters. The SMILES string of the molecule is CCOC(=O)C1=C(O)C(=Cc2cccs2)SC1=Nc1cccc(Cl)c1. The Balaban J connectivity index is 2.04. The second-order valence-electron chi connectivity index (χ2n) is 4.97. The molecule has 0 aliphatic carbocycles. The number of esters is 1. The van der Waals surface area contributed by atoms with Gasteiger partial charge in [-0.25, -0.2) is 9.79 Å². The number of aliphatic hydroxyl groups excluding tert-OH is 1. The summed E-state index contributed by atoms with van der Waals surface area (Å²) in [6, 6.07) is 10.8. The number of aliphatic imine (C=N–C) groups is 1. The van der Waals surface area contributed by atoms with Crippen molar-refractivity contribution in [2.24, 2.45) is 4.99 Å². The molecular formula is C18H14ClNO3S2.